The molecule has 362 valence electrons. The van der Waals surface area contributed by atoms with E-state index in [0.29, 0.717) is 26.3 Å². The molecule has 0 radical (unpaired) electrons. The predicted molar refractivity (Wildman–Crippen MR) is 291 cm³/mol. The van der Waals surface area contributed by atoms with Gasteiger partial charge in [-0.15, -0.1) is 0 Å². The van der Waals surface area contributed by atoms with E-state index in [9.17, 15) is 9.59 Å². The maximum Gasteiger partial charge on any atom is 0.239 e. The lowest BCUT2D eigenvalue weighted by atomic mass is 9.77. The van der Waals surface area contributed by atoms with Crippen molar-refractivity contribution in [3.63, 3.8) is 0 Å². The molecule has 0 bridgehead atoms. The van der Waals surface area contributed by atoms with Gasteiger partial charge < -0.3 is 39.7 Å². The fourth-order valence-corrected chi connectivity index (χ4v) is 13.1. The van der Waals surface area contributed by atoms with Gasteiger partial charge in [0.05, 0.1) is 13.2 Å². The monoisotopic (exact) mass is 972 g/mol. The SMILES string of the molecule is Cc1ccc2c(c1)C(C)(C)C1(/C=C/C=C3\C=CN(CC(=O)NCCSSCCNC(=O)CN4C=C/C(=C\C=C\C56OCCN5c5ccc(C)cc5C6(C)C)c5ccccc54)c4ccccc43)OCCN21. The lowest BCUT2D eigenvalue weighted by Crippen LogP contribution is -2.51. The van der Waals surface area contributed by atoms with E-state index in [4.69, 9.17) is 9.47 Å². The quantitative estimate of drug-likeness (QED) is 0.0887. The Morgan fingerprint density at radius 1 is 0.600 bits per heavy atom. The van der Waals surface area contributed by atoms with Gasteiger partial charge >= 0.3 is 0 Å². The molecule has 70 heavy (non-hydrogen) atoms. The first kappa shape index (κ1) is 47.7. The molecule has 0 spiro atoms. The Morgan fingerprint density at radius 2 is 1.03 bits per heavy atom. The number of ether oxygens (including phenoxy) is 2. The van der Waals surface area contributed by atoms with Crippen molar-refractivity contribution in [2.24, 2.45) is 0 Å². The normalized spacial score (nSPS) is 23.3. The van der Waals surface area contributed by atoms with Crippen molar-refractivity contribution in [3.8, 4) is 0 Å². The highest BCUT2D eigenvalue weighted by Crippen LogP contribution is 2.56. The number of allylic oxidation sites excluding steroid dienone is 8. The summed E-state index contributed by atoms with van der Waals surface area (Å²) in [6.07, 6.45) is 21.2. The number of anilines is 4. The summed E-state index contributed by atoms with van der Waals surface area (Å²) >= 11 is 0. The van der Waals surface area contributed by atoms with E-state index >= 15 is 0 Å². The Labute approximate surface area is 421 Å². The highest BCUT2D eigenvalue weighted by atomic mass is 33.1. The molecule has 4 aromatic rings. The Kier molecular flexibility index (Phi) is 13.2. The van der Waals surface area contributed by atoms with E-state index in [1.807, 2.05) is 46.5 Å². The van der Waals surface area contributed by atoms with Crippen LogP contribution in [0.4, 0.5) is 22.7 Å². The first-order valence-electron chi connectivity index (χ1n) is 24.5. The van der Waals surface area contributed by atoms with Crippen molar-refractivity contribution < 1.29 is 19.1 Å². The summed E-state index contributed by atoms with van der Waals surface area (Å²) in [6, 6.07) is 29.9. The molecule has 2 saturated heterocycles. The maximum atomic E-state index is 13.2. The Bertz CT molecular complexity index is 2690. The first-order valence-corrected chi connectivity index (χ1v) is 27.0. The van der Waals surface area contributed by atoms with E-state index in [1.54, 1.807) is 21.6 Å². The van der Waals surface area contributed by atoms with Crippen LogP contribution in [0.3, 0.4) is 0 Å². The first-order chi connectivity index (χ1) is 33.8. The summed E-state index contributed by atoms with van der Waals surface area (Å²) in [5.41, 5.74) is 12.5. The topological polar surface area (TPSA) is 89.6 Å². The fraction of sp³-hybridized carbons (Fsp3) is 0.345. The third kappa shape index (κ3) is 8.50. The largest absolute Gasteiger partial charge is 0.354 e. The van der Waals surface area contributed by atoms with E-state index in [1.165, 1.54) is 33.6 Å². The Balaban J connectivity index is 0.658. The molecule has 2 unspecified atom stereocenters. The average molecular weight is 973 g/mol. The number of aryl methyl sites for hydroxylation is 2. The van der Waals surface area contributed by atoms with Gasteiger partial charge in [0.25, 0.3) is 0 Å². The molecular formula is C58H64N6O4S2. The number of hydrogen-bond donors (Lipinski definition) is 2. The standard InChI is InChI=1S/C58H64N6O4S2/c1-41-19-21-51-47(37-41)55(3,4)57(63(51)31-33-67-57)25-11-13-43-23-29-61(49-17-9-7-15-45(43)49)39-53(65)59-27-35-69-70-36-28-60-54(66)40-62-30-24-44(46-16-8-10-18-50(46)62)14-12-26-58-56(5,6)48-38-42(2)20-22-52(48)64(58)32-34-68-58/h7-26,29-30,37-38H,27-28,31-36,39-40H2,1-6H3,(H,59,65)(H,60,66)/b25-11+,26-12+,43-13+,44-14+. The summed E-state index contributed by atoms with van der Waals surface area (Å²) < 4.78 is 13.2. The average Bonchev–Trinajstić information content (AvgIpc) is 4.07. The van der Waals surface area contributed by atoms with Gasteiger partial charge in [0.1, 0.15) is 13.1 Å². The second kappa shape index (κ2) is 19.4. The molecule has 2 amide bonds. The van der Waals surface area contributed by atoms with Gasteiger partial charge in [-0.25, -0.2) is 0 Å². The second-order valence-electron chi connectivity index (χ2n) is 19.9. The van der Waals surface area contributed by atoms with Gasteiger partial charge in [-0.1, -0.05) is 145 Å². The second-order valence-corrected chi connectivity index (χ2v) is 22.6. The zero-order chi connectivity index (χ0) is 48.7. The third-order valence-corrected chi connectivity index (χ3v) is 17.3. The van der Waals surface area contributed by atoms with Crippen LogP contribution >= 0.6 is 21.6 Å². The number of fused-ring (bicyclic) bond motifs is 8. The van der Waals surface area contributed by atoms with E-state index in [2.05, 4.69) is 171 Å². The van der Waals surface area contributed by atoms with Gasteiger partial charge in [-0.05, 0) is 84.7 Å². The zero-order valence-corrected chi connectivity index (χ0v) is 42.8. The van der Waals surface area contributed by atoms with Crippen molar-refractivity contribution >= 4 is 67.3 Å². The van der Waals surface area contributed by atoms with Crippen LogP contribution in [0, 0.1) is 13.8 Å². The lowest BCUT2D eigenvalue weighted by Gasteiger charge is -2.39. The molecule has 10 rings (SSSR count). The molecule has 6 aliphatic rings. The van der Waals surface area contributed by atoms with Crippen LogP contribution in [0.1, 0.15) is 61.1 Å². The van der Waals surface area contributed by atoms with E-state index in [0.717, 1.165) is 58.2 Å². The molecular weight excluding hydrogens is 909 g/mol. The van der Waals surface area contributed by atoms with Crippen LogP contribution in [0.25, 0.3) is 11.1 Å². The summed E-state index contributed by atoms with van der Waals surface area (Å²) in [4.78, 5) is 35.2. The van der Waals surface area contributed by atoms with Gasteiger partial charge in [0.15, 0.2) is 11.4 Å². The number of carbonyl (C=O) groups excluding carboxylic acids is 2. The molecule has 0 aliphatic carbocycles. The summed E-state index contributed by atoms with van der Waals surface area (Å²) in [5.74, 6) is 1.46. The van der Waals surface area contributed by atoms with Crippen LogP contribution < -0.4 is 30.2 Å². The molecule has 10 nitrogen and oxygen atoms in total. The van der Waals surface area contributed by atoms with Crippen molar-refractivity contribution in [2.45, 2.75) is 63.8 Å². The Morgan fingerprint density at radius 3 is 1.47 bits per heavy atom. The van der Waals surface area contributed by atoms with Crippen LogP contribution in [0.5, 0.6) is 0 Å². The van der Waals surface area contributed by atoms with Crippen molar-refractivity contribution in [1.29, 1.82) is 0 Å². The summed E-state index contributed by atoms with van der Waals surface area (Å²) in [5, 5.41) is 6.19. The number of nitrogens with zero attached hydrogens (tertiary/aromatic N) is 4. The highest BCUT2D eigenvalue weighted by molar-refractivity contribution is 8.76. The van der Waals surface area contributed by atoms with Crippen molar-refractivity contribution in [3.05, 3.63) is 179 Å². The van der Waals surface area contributed by atoms with Gasteiger partial charge in [-0.2, -0.15) is 0 Å². The van der Waals surface area contributed by atoms with Crippen molar-refractivity contribution in [2.75, 3.05) is 83.6 Å². The maximum absolute atomic E-state index is 13.2. The zero-order valence-electron chi connectivity index (χ0n) is 41.2. The third-order valence-electron chi connectivity index (χ3n) is 14.9. The number of hydrogen-bond acceptors (Lipinski definition) is 10. The minimum atomic E-state index is -0.548. The number of benzene rings is 4. The predicted octanol–water partition coefficient (Wildman–Crippen LogP) is 10.2. The fourth-order valence-electron chi connectivity index (χ4n) is 11.3. The van der Waals surface area contributed by atoms with Crippen LogP contribution in [0.2, 0.25) is 0 Å². The molecule has 4 aromatic carbocycles. The van der Waals surface area contributed by atoms with Gasteiger partial charge in [0.2, 0.25) is 11.8 Å². The van der Waals surface area contributed by atoms with Crippen LogP contribution in [-0.2, 0) is 29.9 Å². The number of carbonyl (C=O) groups is 2. The van der Waals surface area contributed by atoms with Crippen LogP contribution in [0.15, 0.2) is 146 Å². The van der Waals surface area contributed by atoms with E-state index in [-0.39, 0.29) is 35.7 Å². The van der Waals surface area contributed by atoms with Crippen molar-refractivity contribution in [1.82, 2.24) is 10.6 Å². The molecule has 2 N–H and O–H groups in total. The molecule has 2 atom stereocenters. The summed E-state index contributed by atoms with van der Waals surface area (Å²) in [6.45, 7) is 18.1. The molecule has 12 heteroatoms. The molecule has 6 heterocycles. The Hall–Kier alpha value is -5.92. The minimum absolute atomic E-state index is 0.0304. The van der Waals surface area contributed by atoms with Crippen LogP contribution in [-0.4, -0.2) is 87.3 Å². The lowest BCUT2D eigenvalue weighted by molar-refractivity contribution is -0.120. The highest BCUT2D eigenvalue weighted by Gasteiger charge is 2.60. The van der Waals surface area contributed by atoms with Gasteiger partial charge in [-0.3, -0.25) is 9.59 Å². The van der Waals surface area contributed by atoms with Gasteiger partial charge in [0, 0.05) is 94.8 Å². The number of rotatable bonds is 15. The summed E-state index contributed by atoms with van der Waals surface area (Å²) in [7, 11) is 3.39. The smallest absolute Gasteiger partial charge is 0.239 e. The molecule has 0 saturated carbocycles. The molecule has 2 fully saturated rings. The molecule has 0 aromatic heterocycles. The number of para-hydroxylation sites is 2. The van der Waals surface area contributed by atoms with E-state index < -0.39 is 11.4 Å². The number of amides is 2. The minimum Gasteiger partial charge on any atom is -0.354 e. The number of nitrogens with one attached hydrogen (secondary N) is 2. The molecule has 6 aliphatic heterocycles.